The molecule has 2 aromatic heterocycles. The molecule has 4 heterocycles. The lowest BCUT2D eigenvalue weighted by Gasteiger charge is -2.28. The molecular weight excluding hydrogens is 311 g/mol. The molecule has 4 rings (SSSR count). The molecule has 0 aliphatic carbocycles. The van der Waals surface area contributed by atoms with Crippen LogP contribution in [-0.2, 0) is 0 Å². The highest BCUT2D eigenvalue weighted by Gasteiger charge is 2.30. The van der Waals surface area contributed by atoms with Crippen molar-refractivity contribution in [2.45, 2.75) is 18.9 Å². The quantitative estimate of drug-likeness (QED) is 0.593. The number of hydrogen-bond acceptors (Lipinski definition) is 5. The molecule has 0 amide bonds. The Bertz CT molecular complexity index is 851. The average molecular weight is 323 g/mol. The average Bonchev–Trinajstić information content (AvgIpc) is 2.80. The van der Waals surface area contributed by atoms with Gasteiger partial charge in [0.05, 0.1) is 11.6 Å². The number of nitrogens with zero attached hydrogens (tertiary/aromatic N) is 3. The first-order valence-corrected chi connectivity index (χ1v) is 7.36. The van der Waals surface area contributed by atoms with Crippen molar-refractivity contribution in [1.29, 1.82) is 0 Å². The molecule has 0 bridgehead atoms. The van der Waals surface area contributed by atoms with Crippen LogP contribution in [0.3, 0.4) is 0 Å². The molecule has 2 aliphatic heterocycles. The Kier molecular flexibility index (Phi) is 3.04. The van der Waals surface area contributed by atoms with Crippen LogP contribution < -0.4 is 15.3 Å². The minimum atomic E-state index is -0.767. The van der Waals surface area contributed by atoms with E-state index in [1.807, 2.05) is 4.90 Å². The SMILES string of the molecule is O=c1nc2c3c(nc(Cl)c(F)c3[nH]1)OC[C@@H]1CC=CCCN21. The van der Waals surface area contributed by atoms with Crippen LogP contribution in [0.25, 0.3) is 10.9 Å². The number of ether oxygens (including phenoxy) is 1. The Hall–Kier alpha value is -2.15. The van der Waals surface area contributed by atoms with Crippen LogP contribution in [0.5, 0.6) is 5.88 Å². The molecule has 0 fully saturated rings. The fourth-order valence-corrected chi connectivity index (χ4v) is 3.12. The first-order valence-electron chi connectivity index (χ1n) is 6.98. The summed E-state index contributed by atoms with van der Waals surface area (Å²) < 4.78 is 20.0. The number of pyridine rings is 1. The Morgan fingerprint density at radius 3 is 3.14 bits per heavy atom. The Balaban J connectivity index is 2.05. The van der Waals surface area contributed by atoms with Crippen LogP contribution in [0.15, 0.2) is 16.9 Å². The number of nitrogens with one attached hydrogen (secondary N) is 1. The highest BCUT2D eigenvalue weighted by Crippen LogP contribution is 2.37. The molecule has 6 nitrogen and oxygen atoms in total. The summed E-state index contributed by atoms with van der Waals surface area (Å²) in [7, 11) is 0. The van der Waals surface area contributed by atoms with Crippen molar-refractivity contribution in [3.63, 3.8) is 0 Å². The lowest BCUT2D eigenvalue weighted by molar-refractivity contribution is 0.280. The first kappa shape index (κ1) is 13.5. The maximum absolute atomic E-state index is 14.3. The van der Waals surface area contributed by atoms with Gasteiger partial charge in [-0.05, 0) is 12.8 Å². The number of hydrogen-bond donors (Lipinski definition) is 1. The zero-order chi connectivity index (χ0) is 15.3. The lowest BCUT2D eigenvalue weighted by Crippen LogP contribution is -2.39. The fourth-order valence-electron chi connectivity index (χ4n) is 2.94. The van der Waals surface area contributed by atoms with E-state index >= 15 is 0 Å². The van der Waals surface area contributed by atoms with Gasteiger partial charge in [-0.1, -0.05) is 23.8 Å². The van der Waals surface area contributed by atoms with Crippen LogP contribution in [-0.4, -0.2) is 34.1 Å². The third kappa shape index (κ3) is 1.96. The van der Waals surface area contributed by atoms with Crippen LogP contribution in [0.1, 0.15) is 12.8 Å². The second kappa shape index (κ2) is 4.95. The predicted molar refractivity (Wildman–Crippen MR) is 80.1 cm³/mol. The molecule has 0 unspecified atom stereocenters. The molecule has 0 spiro atoms. The number of H-pyrrole nitrogens is 1. The highest BCUT2D eigenvalue weighted by atomic mass is 35.5. The molecule has 0 aromatic carbocycles. The minimum Gasteiger partial charge on any atom is -0.475 e. The highest BCUT2D eigenvalue weighted by molar-refractivity contribution is 6.30. The van der Waals surface area contributed by atoms with Gasteiger partial charge in [0.1, 0.15) is 17.8 Å². The fraction of sp³-hybridized carbons (Fsp3) is 0.357. The maximum atomic E-state index is 14.3. The normalized spacial score (nSPS) is 20.3. The number of anilines is 1. The maximum Gasteiger partial charge on any atom is 0.347 e. The second-order valence-corrected chi connectivity index (χ2v) is 5.65. The smallest absolute Gasteiger partial charge is 0.347 e. The number of rotatable bonds is 0. The summed E-state index contributed by atoms with van der Waals surface area (Å²) in [4.78, 5) is 24.3. The summed E-state index contributed by atoms with van der Waals surface area (Å²) in [6, 6.07) is 0.0206. The van der Waals surface area contributed by atoms with Crippen LogP contribution in [0, 0.1) is 5.82 Å². The molecule has 2 aliphatic rings. The van der Waals surface area contributed by atoms with E-state index in [9.17, 15) is 9.18 Å². The monoisotopic (exact) mass is 322 g/mol. The number of fused-ring (bicyclic) bond motifs is 2. The summed E-state index contributed by atoms with van der Waals surface area (Å²) in [6.45, 7) is 1.05. The van der Waals surface area contributed by atoms with Crippen molar-refractivity contribution in [3.05, 3.63) is 33.6 Å². The third-order valence-corrected chi connectivity index (χ3v) is 4.21. The minimum absolute atomic E-state index is 0.0112. The van der Waals surface area contributed by atoms with Gasteiger partial charge in [-0.2, -0.15) is 9.97 Å². The second-order valence-electron chi connectivity index (χ2n) is 5.29. The molecule has 0 saturated heterocycles. The topological polar surface area (TPSA) is 71.1 Å². The largest absolute Gasteiger partial charge is 0.475 e. The molecule has 2 aromatic rings. The summed E-state index contributed by atoms with van der Waals surface area (Å²) >= 11 is 5.80. The number of aromatic nitrogens is 3. The molecule has 1 atom stereocenters. The van der Waals surface area contributed by atoms with Gasteiger partial charge in [-0.15, -0.1) is 0 Å². The van der Waals surface area contributed by atoms with Gasteiger partial charge in [0.15, 0.2) is 11.0 Å². The van der Waals surface area contributed by atoms with Crippen LogP contribution >= 0.6 is 11.6 Å². The van der Waals surface area contributed by atoms with E-state index in [4.69, 9.17) is 16.3 Å². The van der Waals surface area contributed by atoms with Gasteiger partial charge < -0.3 is 14.6 Å². The molecule has 114 valence electrons. The van der Waals surface area contributed by atoms with E-state index in [-0.39, 0.29) is 22.6 Å². The zero-order valence-corrected chi connectivity index (χ0v) is 12.2. The van der Waals surface area contributed by atoms with Gasteiger partial charge in [0.2, 0.25) is 5.88 Å². The first-order chi connectivity index (χ1) is 10.6. The summed E-state index contributed by atoms with van der Waals surface area (Å²) in [5.74, 6) is -0.156. The van der Waals surface area contributed by atoms with Crippen LogP contribution in [0.2, 0.25) is 5.15 Å². The third-order valence-electron chi connectivity index (χ3n) is 3.96. The molecular formula is C14H12ClFN4O2. The van der Waals surface area contributed by atoms with Gasteiger partial charge in [-0.25, -0.2) is 9.18 Å². The van der Waals surface area contributed by atoms with Crippen molar-refractivity contribution < 1.29 is 9.13 Å². The van der Waals surface area contributed by atoms with Crippen molar-refractivity contribution >= 4 is 28.3 Å². The van der Waals surface area contributed by atoms with Crippen molar-refractivity contribution in [1.82, 2.24) is 15.0 Å². The number of halogens is 2. The summed E-state index contributed by atoms with van der Waals surface area (Å²) in [6.07, 6.45) is 5.75. The van der Waals surface area contributed by atoms with E-state index in [0.29, 0.717) is 24.4 Å². The van der Waals surface area contributed by atoms with Crippen molar-refractivity contribution in [2.75, 3.05) is 18.1 Å². The lowest BCUT2D eigenvalue weighted by atomic mass is 10.2. The van der Waals surface area contributed by atoms with E-state index in [1.54, 1.807) is 0 Å². The summed E-state index contributed by atoms with van der Waals surface area (Å²) in [5.41, 5.74) is -0.629. The van der Waals surface area contributed by atoms with E-state index < -0.39 is 11.5 Å². The van der Waals surface area contributed by atoms with Crippen molar-refractivity contribution in [2.24, 2.45) is 0 Å². The molecule has 0 saturated carbocycles. The van der Waals surface area contributed by atoms with Gasteiger partial charge in [-0.3, -0.25) is 0 Å². The van der Waals surface area contributed by atoms with E-state index in [2.05, 4.69) is 27.1 Å². The van der Waals surface area contributed by atoms with Gasteiger partial charge in [0.25, 0.3) is 0 Å². The molecule has 8 heteroatoms. The van der Waals surface area contributed by atoms with Gasteiger partial charge >= 0.3 is 5.69 Å². The van der Waals surface area contributed by atoms with E-state index in [0.717, 1.165) is 12.8 Å². The zero-order valence-electron chi connectivity index (χ0n) is 11.5. The predicted octanol–water partition coefficient (Wildman–Crippen LogP) is 2.03. The molecule has 1 N–H and O–H groups in total. The Labute approximate surface area is 129 Å². The molecule has 22 heavy (non-hydrogen) atoms. The van der Waals surface area contributed by atoms with Crippen LogP contribution in [0.4, 0.5) is 10.2 Å². The Morgan fingerprint density at radius 1 is 1.41 bits per heavy atom. The summed E-state index contributed by atoms with van der Waals surface area (Å²) in [5, 5.41) is 0.0400. The number of aromatic amines is 1. The molecule has 0 radical (unpaired) electrons. The standard InChI is InChI=1S/C14H12ClFN4O2/c15-11-9(16)10-8-12(19-14(21)17-10)20-5-3-1-2-4-7(20)6-22-13(8)18-11/h1-2,7H,3-6H2,(H,17,19,21)/t7-/m0/s1. The van der Waals surface area contributed by atoms with Crippen molar-refractivity contribution in [3.8, 4) is 5.88 Å². The van der Waals surface area contributed by atoms with Gasteiger partial charge in [0, 0.05) is 6.54 Å². The Morgan fingerprint density at radius 2 is 2.27 bits per heavy atom. The van der Waals surface area contributed by atoms with E-state index in [1.165, 1.54) is 0 Å².